The Morgan fingerprint density at radius 3 is 2.47 bits per heavy atom. The van der Waals surface area contributed by atoms with E-state index in [1.807, 2.05) is 0 Å². The van der Waals surface area contributed by atoms with Gasteiger partial charge in [-0.2, -0.15) is 5.10 Å². The number of carboxylic acids is 2. The van der Waals surface area contributed by atoms with Crippen LogP contribution < -0.4 is 0 Å². The molecule has 0 aliphatic rings. The molecule has 1 heterocycles. The molecule has 0 fully saturated rings. The second-order valence-electron chi connectivity index (χ2n) is 2.30. The molecule has 0 aromatic carbocycles. The van der Waals surface area contributed by atoms with E-state index >= 15 is 0 Å². The minimum Gasteiger partial charge on any atom is -0.477 e. The number of hydrogen-bond acceptors (Lipinski definition) is 5. The summed E-state index contributed by atoms with van der Waals surface area (Å²) in [5, 5.41) is 22.5. The monoisotopic (exact) mass is 210 g/mol. The summed E-state index contributed by atoms with van der Waals surface area (Å²) in [4.78, 5) is 27.2. The van der Waals surface area contributed by atoms with E-state index in [9.17, 15) is 9.59 Å². The smallest absolute Gasteiger partial charge is 0.347 e. The van der Waals surface area contributed by atoms with Gasteiger partial charge in [-0.1, -0.05) is 0 Å². The van der Waals surface area contributed by atoms with Crippen molar-refractivity contribution in [3.8, 4) is 0 Å². The topological polar surface area (TPSA) is 128 Å². The maximum atomic E-state index is 10.1. The van der Waals surface area contributed by atoms with Crippen molar-refractivity contribution in [2.45, 2.75) is 0 Å². The van der Waals surface area contributed by atoms with E-state index < -0.39 is 11.9 Å². The van der Waals surface area contributed by atoms with Crippen molar-refractivity contribution < 1.29 is 19.8 Å². The minimum absolute atomic E-state index is 0.106. The largest absolute Gasteiger partial charge is 0.477 e. The number of rotatable bonds is 4. The van der Waals surface area contributed by atoms with Crippen LogP contribution in [0.4, 0.5) is 11.6 Å². The first kappa shape index (κ1) is 10.6. The van der Waals surface area contributed by atoms with E-state index in [0.29, 0.717) is 12.4 Å². The molecule has 8 nitrogen and oxygen atoms in total. The van der Waals surface area contributed by atoms with Gasteiger partial charge in [0.05, 0.1) is 0 Å². The van der Waals surface area contributed by atoms with Crippen molar-refractivity contribution >= 4 is 36.0 Å². The highest BCUT2D eigenvalue weighted by Crippen LogP contribution is 2.14. The summed E-state index contributed by atoms with van der Waals surface area (Å²) in [5.74, 6) is -2.11. The van der Waals surface area contributed by atoms with E-state index in [1.54, 1.807) is 0 Å². The summed E-state index contributed by atoms with van der Waals surface area (Å²) >= 11 is 0. The minimum atomic E-state index is -1.20. The fraction of sp³-hybridized carbons (Fsp3) is 0. The van der Waals surface area contributed by atoms with Crippen LogP contribution >= 0.6 is 0 Å². The van der Waals surface area contributed by atoms with Crippen molar-refractivity contribution in [1.29, 1.82) is 0 Å². The van der Waals surface area contributed by atoms with Crippen molar-refractivity contribution in [2.75, 3.05) is 0 Å². The van der Waals surface area contributed by atoms with Crippen molar-refractivity contribution in [3.05, 3.63) is 6.07 Å². The average Bonchev–Trinajstić information content (AvgIpc) is 2.59. The van der Waals surface area contributed by atoms with Crippen LogP contribution in [-0.4, -0.2) is 44.8 Å². The van der Waals surface area contributed by atoms with Gasteiger partial charge in [0.25, 0.3) is 0 Å². The summed E-state index contributed by atoms with van der Waals surface area (Å²) in [5.41, 5.74) is 0. The fourth-order valence-electron chi connectivity index (χ4n) is 0.680. The number of aliphatic imine (C=N–C) groups is 2. The van der Waals surface area contributed by atoms with Gasteiger partial charge in [-0.3, -0.25) is 5.10 Å². The molecule has 1 aromatic heterocycles. The summed E-state index contributed by atoms with van der Waals surface area (Å²) in [6.45, 7) is 0. The third-order valence-corrected chi connectivity index (χ3v) is 1.17. The molecule has 0 saturated heterocycles. The highest BCUT2D eigenvalue weighted by Gasteiger charge is 1.98. The summed E-state index contributed by atoms with van der Waals surface area (Å²) in [7, 11) is 0. The molecule has 78 valence electrons. The number of nitrogens with zero attached hydrogens (tertiary/aromatic N) is 3. The molecule has 0 atom stereocenters. The Labute approximate surface area is 83.0 Å². The van der Waals surface area contributed by atoms with Crippen molar-refractivity contribution in [3.63, 3.8) is 0 Å². The molecule has 0 saturated carbocycles. The predicted octanol–water partition coefficient (Wildman–Crippen LogP) is -0.0165. The van der Waals surface area contributed by atoms with Gasteiger partial charge in [-0.25, -0.2) is 19.6 Å². The lowest BCUT2D eigenvalue weighted by molar-refractivity contribution is -0.129. The van der Waals surface area contributed by atoms with E-state index in [4.69, 9.17) is 10.2 Å². The number of hydrogen-bond donors (Lipinski definition) is 3. The Morgan fingerprint density at radius 1 is 1.27 bits per heavy atom. The van der Waals surface area contributed by atoms with Crippen LogP contribution in [0.25, 0.3) is 0 Å². The normalized spacial score (nSPS) is 11.2. The summed E-state index contributed by atoms with van der Waals surface area (Å²) in [6, 6.07) is 1.30. The van der Waals surface area contributed by atoms with Gasteiger partial charge in [0.15, 0.2) is 5.82 Å². The number of nitrogens with one attached hydrogen (secondary N) is 1. The molecule has 8 heteroatoms. The Kier molecular flexibility index (Phi) is 3.28. The molecule has 0 radical (unpaired) electrons. The molecule has 1 aromatic rings. The first-order chi connectivity index (χ1) is 7.08. The molecule has 0 bridgehead atoms. The zero-order valence-electron chi connectivity index (χ0n) is 7.28. The number of carbonyl (C=O) groups is 2. The van der Waals surface area contributed by atoms with Gasteiger partial charge in [-0.05, 0) is 0 Å². The Balaban J connectivity index is 2.72. The van der Waals surface area contributed by atoms with E-state index in [2.05, 4.69) is 20.2 Å². The van der Waals surface area contributed by atoms with Gasteiger partial charge in [0.1, 0.15) is 18.2 Å². The predicted molar refractivity (Wildman–Crippen MR) is 50.2 cm³/mol. The fourth-order valence-corrected chi connectivity index (χ4v) is 0.680. The standard InChI is InChI=1S/C7H6N4O4/c12-6(13)2-8-4-1-5(11-10-4)9-3-7(14)15/h1-3H,(H,10,11)(H,12,13)(H,14,15)/b8-2+,9-3?. The first-order valence-corrected chi connectivity index (χ1v) is 3.67. The lowest BCUT2D eigenvalue weighted by Crippen LogP contribution is -1.93. The molecule has 0 spiro atoms. The third-order valence-electron chi connectivity index (χ3n) is 1.17. The van der Waals surface area contributed by atoms with Crippen LogP contribution in [0.5, 0.6) is 0 Å². The van der Waals surface area contributed by atoms with Crippen molar-refractivity contribution in [1.82, 2.24) is 10.2 Å². The van der Waals surface area contributed by atoms with Crippen LogP contribution in [0.15, 0.2) is 16.1 Å². The molecule has 0 aliphatic carbocycles. The Morgan fingerprint density at radius 2 is 1.87 bits per heavy atom. The van der Waals surface area contributed by atoms with Gasteiger partial charge in [0.2, 0.25) is 0 Å². The second-order valence-corrected chi connectivity index (χ2v) is 2.30. The second kappa shape index (κ2) is 4.65. The summed E-state index contributed by atoms with van der Waals surface area (Å²) < 4.78 is 0. The van der Waals surface area contributed by atoms with E-state index in [-0.39, 0.29) is 11.6 Å². The van der Waals surface area contributed by atoms with Crippen LogP contribution in [0.1, 0.15) is 0 Å². The van der Waals surface area contributed by atoms with Gasteiger partial charge < -0.3 is 10.2 Å². The zero-order valence-corrected chi connectivity index (χ0v) is 7.28. The Bertz CT molecular complexity index is 395. The first-order valence-electron chi connectivity index (χ1n) is 3.67. The average molecular weight is 210 g/mol. The molecule has 0 amide bonds. The molecule has 15 heavy (non-hydrogen) atoms. The van der Waals surface area contributed by atoms with Gasteiger partial charge in [-0.15, -0.1) is 0 Å². The quantitative estimate of drug-likeness (QED) is 0.601. The van der Waals surface area contributed by atoms with Crippen LogP contribution in [0, 0.1) is 0 Å². The van der Waals surface area contributed by atoms with Crippen molar-refractivity contribution in [2.24, 2.45) is 9.98 Å². The number of aliphatic carboxylic acids is 2. The third kappa shape index (κ3) is 3.81. The van der Waals surface area contributed by atoms with E-state index in [1.165, 1.54) is 6.07 Å². The maximum absolute atomic E-state index is 10.1. The zero-order chi connectivity index (χ0) is 11.3. The summed E-state index contributed by atoms with van der Waals surface area (Å²) in [6.07, 6.45) is 1.35. The lowest BCUT2D eigenvalue weighted by Gasteiger charge is -1.80. The number of aromatic nitrogens is 2. The molecule has 0 unspecified atom stereocenters. The highest BCUT2D eigenvalue weighted by molar-refractivity contribution is 6.23. The van der Waals surface area contributed by atoms with Gasteiger partial charge >= 0.3 is 11.9 Å². The SMILES string of the molecule is O=C(O)C=Nc1cc(/N=C/C(=O)O)[nH]n1. The highest BCUT2D eigenvalue weighted by atomic mass is 16.4. The molecule has 1 rings (SSSR count). The number of carboxylic acid groups (broad SMARTS) is 2. The molecular formula is C7H6N4O4. The van der Waals surface area contributed by atoms with Crippen LogP contribution in [-0.2, 0) is 9.59 Å². The maximum Gasteiger partial charge on any atom is 0.347 e. The Hall–Kier alpha value is -2.51. The van der Waals surface area contributed by atoms with Gasteiger partial charge in [0, 0.05) is 6.07 Å². The lowest BCUT2D eigenvalue weighted by atomic mass is 10.6. The number of aromatic amines is 1. The molecule has 0 aliphatic heterocycles. The number of H-pyrrole nitrogens is 1. The van der Waals surface area contributed by atoms with E-state index in [0.717, 1.165) is 0 Å². The van der Waals surface area contributed by atoms with Crippen LogP contribution in [0.3, 0.4) is 0 Å². The molecule has 3 N–H and O–H groups in total. The van der Waals surface area contributed by atoms with Crippen LogP contribution in [0.2, 0.25) is 0 Å². The molecular weight excluding hydrogens is 204 g/mol.